The van der Waals surface area contributed by atoms with E-state index in [1.54, 1.807) is 18.9 Å². The SMILES string of the molecule is COc1cccc(CCN(CCNC(=O)C2CC2)C(C)=O)c1. The van der Waals surface area contributed by atoms with Crippen LogP contribution in [0.1, 0.15) is 25.3 Å². The fraction of sp³-hybridized carbons (Fsp3) is 0.529. The van der Waals surface area contributed by atoms with E-state index in [1.807, 2.05) is 24.3 Å². The van der Waals surface area contributed by atoms with E-state index in [1.165, 1.54) is 0 Å². The highest BCUT2D eigenvalue weighted by Gasteiger charge is 2.29. The van der Waals surface area contributed by atoms with E-state index in [0.717, 1.165) is 30.6 Å². The third-order valence-electron chi connectivity index (χ3n) is 3.88. The van der Waals surface area contributed by atoms with Crippen LogP contribution >= 0.6 is 0 Å². The van der Waals surface area contributed by atoms with Gasteiger partial charge in [-0.1, -0.05) is 12.1 Å². The molecule has 1 N–H and O–H groups in total. The second kappa shape index (κ2) is 7.82. The average molecular weight is 304 g/mol. The third-order valence-corrected chi connectivity index (χ3v) is 3.88. The van der Waals surface area contributed by atoms with Gasteiger partial charge in [-0.2, -0.15) is 0 Å². The summed E-state index contributed by atoms with van der Waals surface area (Å²) in [6.45, 7) is 3.28. The Balaban J connectivity index is 1.77. The molecule has 1 aliphatic carbocycles. The first-order valence-electron chi connectivity index (χ1n) is 7.76. The molecule has 120 valence electrons. The Bertz CT molecular complexity index is 526. The van der Waals surface area contributed by atoms with Gasteiger partial charge in [-0.25, -0.2) is 0 Å². The molecule has 0 bridgehead atoms. The summed E-state index contributed by atoms with van der Waals surface area (Å²) >= 11 is 0. The van der Waals surface area contributed by atoms with Crippen LogP contribution in [0.4, 0.5) is 0 Å². The second-order valence-corrected chi connectivity index (χ2v) is 5.67. The Morgan fingerprint density at radius 1 is 1.32 bits per heavy atom. The number of hydrogen-bond acceptors (Lipinski definition) is 3. The zero-order valence-electron chi connectivity index (χ0n) is 13.3. The number of ether oxygens (including phenoxy) is 1. The zero-order chi connectivity index (χ0) is 15.9. The summed E-state index contributed by atoms with van der Waals surface area (Å²) in [7, 11) is 1.64. The number of methoxy groups -OCH3 is 1. The van der Waals surface area contributed by atoms with Crippen LogP contribution in [-0.2, 0) is 16.0 Å². The lowest BCUT2D eigenvalue weighted by Crippen LogP contribution is -2.39. The largest absolute Gasteiger partial charge is 0.497 e. The lowest BCUT2D eigenvalue weighted by molar-refractivity contribution is -0.129. The lowest BCUT2D eigenvalue weighted by Gasteiger charge is -2.21. The molecular formula is C17H24N2O3. The summed E-state index contributed by atoms with van der Waals surface area (Å²) < 4.78 is 5.20. The molecule has 5 heteroatoms. The Morgan fingerprint density at radius 3 is 2.73 bits per heavy atom. The minimum Gasteiger partial charge on any atom is -0.497 e. The van der Waals surface area contributed by atoms with Crippen molar-refractivity contribution >= 4 is 11.8 Å². The predicted molar refractivity (Wildman–Crippen MR) is 84.7 cm³/mol. The minimum atomic E-state index is 0.0311. The van der Waals surface area contributed by atoms with E-state index >= 15 is 0 Å². The molecule has 5 nitrogen and oxygen atoms in total. The quantitative estimate of drug-likeness (QED) is 0.794. The van der Waals surface area contributed by atoms with Crippen LogP contribution in [0.25, 0.3) is 0 Å². The molecule has 0 unspecified atom stereocenters. The summed E-state index contributed by atoms with van der Waals surface area (Å²) in [5.74, 6) is 1.19. The average Bonchev–Trinajstić information content (AvgIpc) is 3.35. The summed E-state index contributed by atoms with van der Waals surface area (Å²) in [4.78, 5) is 25.0. The predicted octanol–water partition coefficient (Wildman–Crippen LogP) is 1.61. The van der Waals surface area contributed by atoms with E-state index in [9.17, 15) is 9.59 Å². The van der Waals surface area contributed by atoms with Crippen LogP contribution in [0.5, 0.6) is 5.75 Å². The van der Waals surface area contributed by atoms with Gasteiger partial charge in [0.25, 0.3) is 0 Å². The molecule has 1 aromatic rings. The molecule has 2 amide bonds. The maximum atomic E-state index is 11.7. The maximum Gasteiger partial charge on any atom is 0.223 e. The fourth-order valence-electron chi connectivity index (χ4n) is 2.32. The Morgan fingerprint density at radius 2 is 2.09 bits per heavy atom. The van der Waals surface area contributed by atoms with Gasteiger partial charge in [0.2, 0.25) is 11.8 Å². The van der Waals surface area contributed by atoms with Gasteiger partial charge in [0.1, 0.15) is 5.75 Å². The standard InChI is InChI=1S/C17H24N2O3/c1-13(20)19(11-9-18-17(21)15-6-7-15)10-8-14-4-3-5-16(12-14)22-2/h3-5,12,15H,6-11H2,1-2H3,(H,18,21). The number of nitrogens with one attached hydrogen (secondary N) is 1. The Labute approximate surface area is 131 Å². The number of carbonyl (C=O) groups is 2. The highest BCUT2D eigenvalue weighted by atomic mass is 16.5. The number of amides is 2. The van der Waals surface area contributed by atoms with Crippen LogP contribution < -0.4 is 10.1 Å². The molecule has 0 heterocycles. The van der Waals surface area contributed by atoms with Gasteiger partial charge in [0, 0.05) is 32.5 Å². The smallest absolute Gasteiger partial charge is 0.223 e. The van der Waals surface area contributed by atoms with Crippen molar-refractivity contribution in [1.82, 2.24) is 10.2 Å². The fourth-order valence-corrected chi connectivity index (χ4v) is 2.32. The summed E-state index contributed by atoms with van der Waals surface area (Å²) in [5.41, 5.74) is 1.13. The number of benzene rings is 1. The highest BCUT2D eigenvalue weighted by molar-refractivity contribution is 5.80. The Hall–Kier alpha value is -2.04. The summed E-state index contributed by atoms with van der Waals surface area (Å²) in [6.07, 6.45) is 2.77. The monoisotopic (exact) mass is 304 g/mol. The first kappa shape index (κ1) is 16.3. The van der Waals surface area contributed by atoms with Crippen LogP contribution in [0.2, 0.25) is 0 Å². The van der Waals surface area contributed by atoms with Gasteiger partial charge in [-0.3, -0.25) is 9.59 Å². The first-order chi connectivity index (χ1) is 10.6. The van der Waals surface area contributed by atoms with E-state index in [-0.39, 0.29) is 17.7 Å². The van der Waals surface area contributed by atoms with Gasteiger partial charge < -0.3 is 15.0 Å². The third kappa shape index (κ3) is 5.06. The molecule has 0 saturated heterocycles. The molecule has 0 radical (unpaired) electrons. The van der Waals surface area contributed by atoms with Gasteiger partial charge in [0.05, 0.1) is 7.11 Å². The van der Waals surface area contributed by atoms with Crippen molar-refractivity contribution < 1.29 is 14.3 Å². The molecule has 0 aromatic heterocycles. The van der Waals surface area contributed by atoms with E-state index in [2.05, 4.69) is 5.32 Å². The highest BCUT2D eigenvalue weighted by Crippen LogP contribution is 2.28. The lowest BCUT2D eigenvalue weighted by atomic mass is 10.1. The van der Waals surface area contributed by atoms with Gasteiger partial charge in [-0.15, -0.1) is 0 Å². The van der Waals surface area contributed by atoms with Crippen LogP contribution in [0, 0.1) is 5.92 Å². The number of rotatable bonds is 8. The van der Waals surface area contributed by atoms with Crippen LogP contribution in [-0.4, -0.2) is 43.5 Å². The van der Waals surface area contributed by atoms with Crippen molar-refractivity contribution in [2.45, 2.75) is 26.2 Å². The van der Waals surface area contributed by atoms with E-state index in [4.69, 9.17) is 4.74 Å². The van der Waals surface area contributed by atoms with E-state index < -0.39 is 0 Å². The first-order valence-corrected chi connectivity index (χ1v) is 7.76. The molecule has 2 rings (SSSR count). The normalized spacial score (nSPS) is 13.5. The van der Waals surface area contributed by atoms with Crippen molar-refractivity contribution in [1.29, 1.82) is 0 Å². The molecule has 22 heavy (non-hydrogen) atoms. The van der Waals surface area contributed by atoms with Gasteiger partial charge in [-0.05, 0) is 37.0 Å². The number of nitrogens with zero attached hydrogens (tertiary/aromatic N) is 1. The topological polar surface area (TPSA) is 58.6 Å². The van der Waals surface area contributed by atoms with Crippen molar-refractivity contribution in [3.8, 4) is 5.75 Å². The van der Waals surface area contributed by atoms with Crippen molar-refractivity contribution in [3.05, 3.63) is 29.8 Å². The summed E-state index contributed by atoms with van der Waals surface area (Å²) in [6, 6.07) is 7.85. The second-order valence-electron chi connectivity index (χ2n) is 5.67. The molecule has 1 fully saturated rings. The number of carbonyl (C=O) groups excluding carboxylic acids is 2. The molecular weight excluding hydrogens is 280 g/mol. The minimum absolute atomic E-state index is 0.0311. The Kier molecular flexibility index (Phi) is 5.81. The van der Waals surface area contributed by atoms with Gasteiger partial charge in [0.15, 0.2) is 0 Å². The molecule has 0 aliphatic heterocycles. The molecule has 1 aromatic carbocycles. The summed E-state index contributed by atoms with van der Waals surface area (Å²) in [5, 5.41) is 2.89. The zero-order valence-corrected chi connectivity index (χ0v) is 13.3. The maximum absolute atomic E-state index is 11.7. The molecule has 1 saturated carbocycles. The van der Waals surface area contributed by atoms with Crippen LogP contribution in [0.3, 0.4) is 0 Å². The van der Waals surface area contributed by atoms with Crippen molar-refractivity contribution in [2.24, 2.45) is 5.92 Å². The van der Waals surface area contributed by atoms with Crippen molar-refractivity contribution in [2.75, 3.05) is 26.7 Å². The molecule has 0 atom stereocenters. The van der Waals surface area contributed by atoms with Crippen LogP contribution in [0.15, 0.2) is 24.3 Å². The van der Waals surface area contributed by atoms with E-state index in [0.29, 0.717) is 19.6 Å². The number of hydrogen-bond donors (Lipinski definition) is 1. The molecule has 1 aliphatic rings. The van der Waals surface area contributed by atoms with Gasteiger partial charge >= 0.3 is 0 Å². The molecule has 0 spiro atoms. The van der Waals surface area contributed by atoms with Crippen molar-refractivity contribution in [3.63, 3.8) is 0 Å².